The fourth-order valence-corrected chi connectivity index (χ4v) is 3.74. The molecule has 1 aliphatic heterocycles. The summed E-state index contributed by atoms with van der Waals surface area (Å²) in [5, 5.41) is 1.67. The number of thioether (sulfide) groups is 1. The van der Waals surface area contributed by atoms with Crippen LogP contribution in [-0.2, 0) is 14.4 Å². The molecular formula is C21H16ClFN2O6S. The molecule has 0 unspecified atom stereocenters. The average molecular weight is 479 g/mol. The van der Waals surface area contributed by atoms with Gasteiger partial charge in [0.15, 0.2) is 11.5 Å². The van der Waals surface area contributed by atoms with E-state index in [1.165, 1.54) is 44.4 Å². The zero-order chi connectivity index (χ0) is 23.4. The Bertz CT molecular complexity index is 1150. The summed E-state index contributed by atoms with van der Waals surface area (Å²) in [5.41, 5.74) is 0.748. The number of carbonyl (C=O) groups is 4. The van der Waals surface area contributed by atoms with Gasteiger partial charge in [0.1, 0.15) is 12.4 Å². The molecule has 1 N–H and O–H groups in total. The Balaban J connectivity index is 1.72. The van der Waals surface area contributed by atoms with Gasteiger partial charge in [-0.25, -0.2) is 4.39 Å². The Morgan fingerprint density at radius 3 is 2.59 bits per heavy atom. The second-order valence-electron chi connectivity index (χ2n) is 6.45. The van der Waals surface area contributed by atoms with Crippen LogP contribution in [0.2, 0.25) is 5.02 Å². The van der Waals surface area contributed by atoms with E-state index in [9.17, 15) is 23.6 Å². The number of methoxy groups -OCH3 is 1. The first-order chi connectivity index (χ1) is 15.2. The summed E-state index contributed by atoms with van der Waals surface area (Å²) in [6.07, 6.45) is 1.46. The second-order valence-corrected chi connectivity index (χ2v) is 7.85. The molecule has 0 aromatic heterocycles. The summed E-state index contributed by atoms with van der Waals surface area (Å²) in [6.45, 7) is 0.732. The van der Waals surface area contributed by atoms with Crippen molar-refractivity contribution >= 4 is 58.1 Å². The van der Waals surface area contributed by atoms with Crippen LogP contribution >= 0.6 is 23.4 Å². The molecule has 3 amide bonds. The average Bonchev–Trinajstić information content (AvgIpc) is 2.98. The summed E-state index contributed by atoms with van der Waals surface area (Å²) in [4.78, 5) is 49.2. The third kappa shape index (κ3) is 5.45. The normalized spacial score (nSPS) is 14.6. The lowest BCUT2D eigenvalue weighted by Crippen LogP contribution is -2.36. The highest BCUT2D eigenvalue weighted by atomic mass is 35.5. The molecule has 2 aromatic rings. The number of rotatable bonds is 6. The van der Waals surface area contributed by atoms with Crippen molar-refractivity contribution in [3.63, 3.8) is 0 Å². The van der Waals surface area contributed by atoms with Crippen molar-refractivity contribution in [1.82, 2.24) is 4.90 Å². The van der Waals surface area contributed by atoms with Crippen molar-refractivity contribution in [1.29, 1.82) is 0 Å². The Morgan fingerprint density at radius 2 is 1.94 bits per heavy atom. The van der Waals surface area contributed by atoms with Gasteiger partial charge in [-0.2, -0.15) is 0 Å². The van der Waals surface area contributed by atoms with Crippen molar-refractivity contribution in [2.45, 2.75) is 6.92 Å². The fourth-order valence-electron chi connectivity index (χ4n) is 2.72. The molecule has 1 fully saturated rings. The smallest absolute Gasteiger partial charge is 0.308 e. The van der Waals surface area contributed by atoms with Crippen LogP contribution in [0.15, 0.2) is 41.3 Å². The first-order valence-electron chi connectivity index (χ1n) is 9.04. The van der Waals surface area contributed by atoms with Gasteiger partial charge in [-0.1, -0.05) is 17.7 Å². The van der Waals surface area contributed by atoms with Gasteiger partial charge in [0.2, 0.25) is 5.91 Å². The molecule has 0 spiro atoms. The van der Waals surface area contributed by atoms with Gasteiger partial charge >= 0.3 is 5.97 Å². The van der Waals surface area contributed by atoms with E-state index in [0.29, 0.717) is 17.3 Å². The maximum atomic E-state index is 13.2. The van der Waals surface area contributed by atoms with Gasteiger partial charge in [-0.05, 0) is 53.7 Å². The Morgan fingerprint density at radius 1 is 1.19 bits per heavy atom. The van der Waals surface area contributed by atoms with Crippen LogP contribution in [0.25, 0.3) is 6.08 Å². The van der Waals surface area contributed by atoms with Crippen molar-refractivity contribution in [3.05, 3.63) is 57.7 Å². The lowest BCUT2D eigenvalue weighted by molar-refractivity contribution is -0.132. The highest BCUT2D eigenvalue weighted by Gasteiger charge is 2.36. The van der Waals surface area contributed by atoms with Crippen LogP contribution in [0.3, 0.4) is 0 Å². The molecule has 11 heteroatoms. The topological polar surface area (TPSA) is 102 Å². The number of amides is 3. The Labute approximate surface area is 191 Å². The molecule has 8 nitrogen and oxygen atoms in total. The highest BCUT2D eigenvalue weighted by Crippen LogP contribution is 2.34. The molecule has 0 bridgehead atoms. The van der Waals surface area contributed by atoms with E-state index in [-0.39, 0.29) is 27.1 Å². The van der Waals surface area contributed by atoms with Crippen molar-refractivity contribution in [3.8, 4) is 11.5 Å². The molecule has 0 aliphatic carbocycles. The number of ether oxygens (including phenoxy) is 2. The fraction of sp³-hybridized carbons (Fsp3) is 0.143. The summed E-state index contributed by atoms with van der Waals surface area (Å²) in [7, 11) is 1.40. The van der Waals surface area contributed by atoms with Gasteiger partial charge in [0.25, 0.3) is 11.1 Å². The second kappa shape index (κ2) is 9.84. The number of benzene rings is 2. The molecule has 3 rings (SSSR count). The number of esters is 1. The molecule has 0 radical (unpaired) electrons. The Hall–Kier alpha value is -3.37. The molecule has 166 valence electrons. The maximum absolute atomic E-state index is 13.2. The van der Waals surface area contributed by atoms with Gasteiger partial charge in [-0.3, -0.25) is 24.1 Å². The highest BCUT2D eigenvalue weighted by molar-refractivity contribution is 8.18. The van der Waals surface area contributed by atoms with E-state index >= 15 is 0 Å². The minimum Gasteiger partial charge on any atom is -0.493 e. The van der Waals surface area contributed by atoms with Gasteiger partial charge in [0, 0.05) is 12.6 Å². The number of imide groups is 1. The number of carbonyl (C=O) groups excluding carboxylic acids is 4. The van der Waals surface area contributed by atoms with E-state index in [2.05, 4.69) is 5.32 Å². The predicted octanol–water partition coefficient (Wildman–Crippen LogP) is 4.09. The third-order valence-corrected chi connectivity index (χ3v) is 5.31. The van der Waals surface area contributed by atoms with E-state index in [4.69, 9.17) is 21.1 Å². The quantitative estimate of drug-likeness (QED) is 0.379. The first kappa shape index (κ1) is 23.3. The van der Waals surface area contributed by atoms with Crippen molar-refractivity contribution in [2.75, 3.05) is 19.0 Å². The lowest BCUT2D eigenvalue weighted by Gasteiger charge is -2.12. The SMILES string of the molecule is COc1cc(/C=C2\SC(=O)N(CC(=O)Nc3ccc(F)c(Cl)c3)C2=O)ccc1OC(C)=O. The number of halogens is 2. The largest absolute Gasteiger partial charge is 0.493 e. The van der Waals surface area contributed by atoms with E-state index < -0.39 is 35.4 Å². The maximum Gasteiger partial charge on any atom is 0.308 e. The molecule has 32 heavy (non-hydrogen) atoms. The van der Waals surface area contributed by atoms with Crippen LogP contribution in [0.1, 0.15) is 12.5 Å². The standard InChI is InChI=1S/C21H16ClFN2O6S/c1-11(26)31-16-6-3-12(7-17(16)30-2)8-18-20(28)25(21(29)32-18)10-19(27)24-13-4-5-15(23)14(22)9-13/h3-9H,10H2,1-2H3,(H,24,27)/b18-8-. The summed E-state index contributed by atoms with van der Waals surface area (Å²) in [5.74, 6) is -1.97. The molecule has 1 heterocycles. The minimum atomic E-state index is -0.649. The van der Waals surface area contributed by atoms with Gasteiger partial charge in [-0.15, -0.1) is 0 Å². The van der Waals surface area contributed by atoms with Crippen molar-refractivity contribution < 1.29 is 33.0 Å². The van der Waals surface area contributed by atoms with Crippen LogP contribution in [0.4, 0.5) is 14.9 Å². The van der Waals surface area contributed by atoms with Crippen LogP contribution < -0.4 is 14.8 Å². The van der Waals surface area contributed by atoms with Crippen molar-refractivity contribution in [2.24, 2.45) is 0 Å². The molecular weight excluding hydrogens is 463 g/mol. The molecule has 0 saturated carbocycles. The summed E-state index contributed by atoms with van der Waals surface area (Å²) < 4.78 is 23.4. The molecule has 0 atom stereocenters. The van der Waals surface area contributed by atoms with E-state index in [1.807, 2.05) is 0 Å². The third-order valence-electron chi connectivity index (χ3n) is 4.12. The van der Waals surface area contributed by atoms with Crippen LogP contribution in [-0.4, -0.2) is 41.6 Å². The van der Waals surface area contributed by atoms with Gasteiger partial charge in [0.05, 0.1) is 17.0 Å². The first-order valence-corrected chi connectivity index (χ1v) is 10.2. The Kier molecular flexibility index (Phi) is 7.16. The number of nitrogens with one attached hydrogen (secondary N) is 1. The van der Waals surface area contributed by atoms with Crippen LogP contribution in [0, 0.1) is 5.82 Å². The number of anilines is 1. The lowest BCUT2D eigenvalue weighted by atomic mass is 10.2. The van der Waals surface area contributed by atoms with Gasteiger partial charge < -0.3 is 14.8 Å². The molecule has 1 aliphatic rings. The monoisotopic (exact) mass is 478 g/mol. The van der Waals surface area contributed by atoms with Crippen LogP contribution in [0.5, 0.6) is 11.5 Å². The zero-order valence-electron chi connectivity index (χ0n) is 16.8. The summed E-state index contributed by atoms with van der Waals surface area (Å²) >= 11 is 6.36. The molecule has 2 aromatic carbocycles. The van der Waals surface area contributed by atoms with E-state index in [1.54, 1.807) is 6.07 Å². The predicted molar refractivity (Wildman–Crippen MR) is 117 cm³/mol. The summed E-state index contributed by atoms with van der Waals surface area (Å²) in [6, 6.07) is 8.23. The zero-order valence-corrected chi connectivity index (χ0v) is 18.4. The number of hydrogen-bond acceptors (Lipinski definition) is 7. The minimum absolute atomic E-state index is 0.106. The van der Waals surface area contributed by atoms with E-state index in [0.717, 1.165) is 11.0 Å². The number of nitrogens with zero attached hydrogens (tertiary/aromatic N) is 1. The number of hydrogen-bond donors (Lipinski definition) is 1. The molecule has 1 saturated heterocycles.